The third-order valence-corrected chi connectivity index (χ3v) is 4.52. The second-order valence-corrected chi connectivity index (χ2v) is 6.22. The molecular formula is C15H32. The summed E-state index contributed by atoms with van der Waals surface area (Å²) in [5.74, 6) is 2.59. The second-order valence-electron chi connectivity index (χ2n) is 6.22. The molecule has 0 nitrogen and oxygen atoms in total. The van der Waals surface area contributed by atoms with E-state index in [9.17, 15) is 0 Å². The maximum absolute atomic E-state index is 2.46. The number of rotatable bonds is 7. The van der Waals surface area contributed by atoms with Crippen molar-refractivity contribution >= 4 is 0 Å². The molecule has 0 aliphatic heterocycles. The Labute approximate surface area is 97.8 Å². The topological polar surface area (TPSA) is 0 Å². The van der Waals surface area contributed by atoms with Gasteiger partial charge in [0.1, 0.15) is 0 Å². The van der Waals surface area contributed by atoms with E-state index >= 15 is 0 Å². The summed E-state index contributed by atoms with van der Waals surface area (Å²) in [5, 5.41) is 0. The first-order valence-electron chi connectivity index (χ1n) is 6.85. The van der Waals surface area contributed by atoms with Gasteiger partial charge in [-0.05, 0) is 36.0 Å². The van der Waals surface area contributed by atoms with Crippen LogP contribution < -0.4 is 0 Å². The summed E-state index contributed by atoms with van der Waals surface area (Å²) < 4.78 is 0. The van der Waals surface area contributed by atoms with Crippen LogP contribution >= 0.6 is 0 Å². The van der Waals surface area contributed by atoms with Gasteiger partial charge in [-0.25, -0.2) is 0 Å². The predicted molar refractivity (Wildman–Crippen MR) is 71.1 cm³/mol. The summed E-state index contributed by atoms with van der Waals surface area (Å²) in [7, 11) is 0. The van der Waals surface area contributed by atoms with Gasteiger partial charge >= 0.3 is 0 Å². The zero-order valence-corrected chi connectivity index (χ0v) is 12.1. The molecule has 3 unspecified atom stereocenters. The van der Waals surface area contributed by atoms with E-state index in [-0.39, 0.29) is 0 Å². The molecule has 0 aliphatic carbocycles. The van der Waals surface area contributed by atoms with Gasteiger partial charge in [0.25, 0.3) is 0 Å². The van der Waals surface area contributed by atoms with Gasteiger partial charge in [-0.15, -0.1) is 0 Å². The van der Waals surface area contributed by atoms with E-state index in [0.717, 1.165) is 17.8 Å². The maximum Gasteiger partial charge on any atom is -0.0303 e. The highest BCUT2D eigenvalue weighted by atomic mass is 14.3. The first-order valence-corrected chi connectivity index (χ1v) is 6.85. The van der Waals surface area contributed by atoms with E-state index in [4.69, 9.17) is 0 Å². The van der Waals surface area contributed by atoms with Gasteiger partial charge in [-0.3, -0.25) is 0 Å². The lowest BCUT2D eigenvalue weighted by Crippen LogP contribution is -2.25. The fourth-order valence-corrected chi connectivity index (χ4v) is 2.52. The lowest BCUT2D eigenvalue weighted by atomic mass is 9.70. The summed E-state index contributed by atoms with van der Waals surface area (Å²) in [6.45, 7) is 16.7. The van der Waals surface area contributed by atoms with Crippen LogP contribution in [0.2, 0.25) is 0 Å². The molecule has 0 aromatic rings. The molecule has 15 heavy (non-hydrogen) atoms. The Morgan fingerprint density at radius 1 is 0.933 bits per heavy atom. The SMILES string of the molecule is CCC(C)CC(C)CC(C)(CC)C(C)C. The molecule has 0 aromatic heterocycles. The van der Waals surface area contributed by atoms with Gasteiger partial charge < -0.3 is 0 Å². The van der Waals surface area contributed by atoms with Crippen LogP contribution in [0.25, 0.3) is 0 Å². The lowest BCUT2D eigenvalue weighted by Gasteiger charge is -2.36. The van der Waals surface area contributed by atoms with Gasteiger partial charge in [0, 0.05) is 0 Å². The van der Waals surface area contributed by atoms with Crippen molar-refractivity contribution in [3.05, 3.63) is 0 Å². The molecule has 0 rings (SSSR count). The molecule has 0 aromatic carbocycles. The van der Waals surface area contributed by atoms with Crippen LogP contribution in [0.5, 0.6) is 0 Å². The maximum atomic E-state index is 2.46. The van der Waals surface area contributed by atoms with Crippen LogP contribution in [0.3, 0.4) is 0 Å². The average Bonchev–Trinajstić information content (AvgIpc) is 2.16. The van der Waals surface area contributed by atoms with Gasteiger partial charge in [-0.1, -0.05) is 61.3 Å². The predicted octanol–water partition coefficient (Wildman–Crippen LogP) is 5.52. The lowest BCUT2D eigenvalue weighted by molar-refractivity contribution is 0.149. The highest BCUT2D eigenvalue weighted by Crippen LogP contribution is 2.38. The first kappa shape index (κ1) is 15.0. The van der Waals surface area contributed by atoms with Crippen molar-refractivity contribution in [2.75, 3.05) is 0 Å². The molecular weight excluding hydrogens is 180 g/mol. The van der Waals surface area contributed by atoms with E-state index < -0.39 is 0 Å². The van der Waals surface area contributed by atoms with E-state index in [2.05, 4.69) is 48.5 Å². The fraction of sp³-hybridized carbons (Fsp3) is 1.00. The largest absolute Gasteiger partial charge is 0.0651 e. The fourth-order valence-electron chi connectivity index (χ4n) is 2.52. The molecule has 0 bridgehead atoms. The van der Waals surface area contributed by atoms with Crippen LogP contribution in [-0.4, -0.2) is 0 Å². The van der Waals surface area contributed by atoms with Crippen molar-refractivity contribution in [1.29, 1.82) is 0 Å². The van der Waals surface area contributed by atoms with Crippen LogP contribution in [0.4, 0.5) is 0 Å². The normalized spacial score (nSPS) is 20.0. The van der Waals surface area contributed by atoms with Crippen molar-refractivity contribution in [3.63, 3.8) is 0 Å². The number of hydrogen-bond donors (Lipinski definition) is 0. The summed E-state index contributed by atoms with van der Waals surface area (Å²) >= 11 is 0. The Bertz CT molecular complexity index is 159. The molecule has 0 saturated heterocycles. The Hall–Kier alpha value is 0. The molecule has 0 heteroatoms. The van der Waals surface area contributed by atoms with Gasteiger partial charge in [0.05, 0.1) is 0 Å². The minimum atomic E-state index is 0.548. The van der Waals surface area contributed by atoms with Crippen molar-refractivity contribution in [2.45, 2.75) is 74.1 Å². The zero-order chi connectivity index (χ0) is 12.1. The zero-order valence-electron chi connectivity index (χ0n) is 12.1. The van der Waals surface area contributed by atoms with Crippen molar-refractivity contribution in [3.8, 4) is 0 Å². The average molecular weight is 212 g/mol. The number of hydrogen-bond acceptors (Lipinski definition) is 0. The molecule has 0 N–H and O–H groups in total. The van der Waals surface area contributed by atoms with E-state index in [0.29, 0.717) is 5.41 Å². The monoisotopic (exact) mass is 212 g/mol. The minimum Gasteiger partial charge on any atom is -0.0651 e. The van der Waals surface area contributed by atoms with E-state index in [1.165, 1.54) is 25.7 Å². The molecule has 0 heterocycles. The molecule has 0 aliphatic rings. The van der Waals surface area contributed by atoms with E-state index in [1.54, 1.807) is 0 Å². The molecule has 0 spiro atoms. The summed E-state index contributed by atoms with van der Waals surface area (Å²) in [4.78, 5) is 0. The van der Waals surface area contributed by atoms with Crippen LogP contribution in [0, 0.1) is 23.2 Å². The molecule has 92 valence electrons. The molecule has 0 fully saturated rings. The Morgan fingerprint density at radius 3 is 1.80 bits per heavy atom. The van der Waals surface area contributed by atoms with Gasteiger partial charge in [0.2, 0.25) is 0 Å². The summed E-state index contributed by atoms with van der Waals surface area (Å²) in [6.07, 6.45) is 5.44. The van der Waals surface area contributed by atoms with Gasteiger partial charge in [-0.2, -0.15) is 0 Å². The molecule has 3 atom stereocenters. The first-order chi connectivity index (χ1) is 6.85. The van der Waals surface area contributed by atoms with Crippen molar-refractivity contribution < 1.29 is 0 Å². The third-order valence-electron chi connectivity index (χ3n) is 4.52. The Kier molecular flexibility index (Phi) is 6.55. The summed E-state index contributed by atoms with van der Waals surface area (Å²) in [5.41, 5.74) is 0.548. The highest BCUT2D eigenvalue weighted by molar-refractivity contribution is 4.78. The molecule has 0 saturated carbocycles. The van der Waals surface area contributed by atoms with Crippen LogP contribution in [0.1, 0.15) is 74.1 Å². The highest BCUT2D eigenvalue weighted by Gasteiger charge is 2.28. The Morgan fingerprint density at radius 2 is 1.47 bits per heavy atom. The quantitative estimate of drug-likeness (QED) is 0.521. The van der Waals surface area contributed by atoms with E-state index in [1.807, 2.05) is 0 Å². The van der Waals surface area contributed by atoms with Crippen molar-refractivity contribution in [1.82, 2.24) is 0 Å². The van der Waals surface area contributed by atoms with Gasteiger partial charge in [0.15, 0.2) is 0 Å². The summed E-state index contributed by atoms with van der Waals surface area (Å²) in [6, 6.07) is 0. The molecule has 0 radical (unpaired) electrons. The third kappa shape index (κ3) is 5.04. The smallest absolute Gasteiger partial charge is 0.0303 e. The minimum absolute atomic E-state index is 0.548. The molecule has 0 amide bonds. The van der Waals surface area contributed by atoms with Crippen molar-refractivity contribution in [2.24, 2.45) is 23.2 Å². The van der Waals surface area contributed by atoms with Crippen LogP contribution in [-0.2, 0) is 0 Å². The Balaban J connectivity index is 4.18. The standard InChI is InChI=1S/C15H32/c1-8-13(5)10-14(6)11-15(7,9-2)12(3)4/h12-14H,8-11H2,1-7H3. The second kappa shape index (κ2) is 6.55. The van der Waals surface area contributed by atoms with Crippen LogP contribution in [0.15, 0.2) is 0 Å².